The zero-order valence-corrected chi connectivity index (χ0v) is 15.6. The molecule has 6 heteroatoms. The Morgan fingerprint density at radius 2 is 1.89 bits per heavy atom. The second-order valence-corrected chi connectivity index (χ2v) is 6.49. The fourth-order valence-electron chi connectivity index (χ4n) is 2.76. The molecule has 0 saturated carbocycles. The van der Waals surface area contributed by atoms with E-state index in [0.29, 0.717) is 23.5 Å². The van der Waals surface area contributed by atoms with Gasteiger partial charge in [-0.25, -0.2) is 9.07 Å². The number of para-hydroxylation sites is 1. The largest absolute Gasteiger partial charge is 0.491 e. The summed E-state index contributed by atoms with van der Waals surface area (Å²) >= 11 is 0. The van der Waals surface area contributed by atoms with E-state index < -0.39 is 0 Å². The smallest absolute Gasteiger partial charge is 0.255 e. The maximum absolute atomic E-state index is 13.1. The second-order valence-electron chi connectivity index (χ2n) is 6.49. The number of benzene rings is 2. The molecule has 27 heavy (non-hydrogen) atoms. The molecule has 0 radical (unpaired) electrons. The number of ether oxygens (including phenoxy) is 1. The average Bonchev–Trinajstić information content (AvgIpc) is 3.02. The van der Waals surface area contributed by atoms with Gasteiger partial charge in [-0.1, -0.05) is 18.2 Å². The highest BCUT2D eigenvalue weighted by Crippen LogP contribution is 2.20. The summed E-state index contributed by atoms with van der Waals surface area (Å²) in [6, 6.07) is 13.6. The van der Waals surface area contributed by atoms with Crippen LogP contribution in [0.3, 0.4) is 0 Å². The van der Waals surface area contributed by atoms with Gasteiger partial charge in [0.2, 0.25) is 0 Å². The maximum Gasteiger partial charge on any atom is 0.255 e. The Kier molecular flexibility index (Phi) is 5.54. The predicted octanol–water partition coefficient (Wildman–Crippen LogP) is 4.04. The summed E-state index contributed by atoms with van der Waals surface area (Å²) in [4.78, 5) is 12.6. The number of amides is 1. The Labute approximate surface area is 157 Å². The Balaban J connectivity index is 1.74. The molecule has 0 fully saturated rings. The Hall–Kier alpha value is -3.15. The molecule has 0 aliphatic heterocycles. The fourth-order valence-corrected chi connectivity index (χ4v) is 2.76. The molecule has 5 nitrogen and oxygen atoms in total. The minimum absolute atomic E-state index is 0.0537. The first-order chi connectivity index (χ1) is 13.0. The Morgan fingerprint density at radius 1 is 1.19 bits per heavy atom. The quantitative estimate of drug-likeness (QED) is 0.715. The van der Waals surface area contributed by atoms with E-state index in [0.717, 1.165) is 11.3 Å². The highest BCUT2D eigenvalue weighted by molar-refractivity contribution is 5.95. The number of nitrogens with zero attached hydrogens (tertiary/aromatic N) is 2. The Morgan fingerprint density at radius 3 is 2.59 bits per heavy atom. The van der Waals surface area contributed by atoms with E-state index in [9.17, 15) is 9.18 Å². The van der Waals surface area contributed by atoms with Crippen LogP contribution in [0.2, 0.25) is 0 Å². The number of carbonyl (C=O) groups excluding carboxylic acids is 1. The number of halogens is 1. The van der Waals surface area contributed by atoms with Crippen LogP contribution in [-0.4, -0.2) is 21.8 Å². The van der Waals surface area contributed by atoms with Crippen molar-refractivity contribution in [3.8, 4) is 11.4 Å². The van der Waals surface area contributed by atoms with Crippen LogP contribution in [0.15, 0.2) is 54.7 Å². The van der Waals surface area contributed by atoms with Gasteiger partial charge < -0.3 is 10.1 Å². The van der Waals surface area contributed by atoms with Crippen molar-refractivity contribution in [1.82, 2.24) is 15.1 Å². The first-order valence-electron chi connectivity index (χ1n) is 8.79. The summed E-state index contributed by atoms with van der Waals surface area (Å²) in [5.74, 6) is 0.218. The van der Waals surface area contributed by atoms with Crippen LogP contribution >= 0.6 is 0 Å². The normalized spacial score (nSPS) is 10.9. The number of carbonyl (C=O) groups is 1. The van der Waals surface area contributed by atoms with Crippen molar-refractivity contribution in [3.05, 3.63) is 77.4 Å². The molecule has 0 bridgehead atoms. The lowest BCUT2D eigenvalue weighted by molar-refractivity contribution is 0.0950. The van der Waals surface area contributed by atoms with Gasteiger partial charge in [-0.3, -0.25) is 4.79 Å². The topological polar surface area (TPSA) is 56.1 Å². The highest BCUT2D eigenvalue weighted by Gasteiger charge is 2.16. The van der Waals surface area contributed by atoms with E-state index in [4.69, 9.17) is 4.74 Å². The number of aromatic nitrogens is 2. The monoisotopic (exact) mass is 367 g/mol. The van der Waals surface area contributed by atoms with Gasteiger partial charge in [0, 0.05) is 12.1 Å². The first kappa shape index (κ1) is 18.6. The van der Waals surface area contributed by atoms with E-state index in [1.54, 1.807) is 23.7 Å². The fraction of sp³-hybridized carbons (Fsp3) is 0.238. The third-order valence-corrected chi connectivity index (χ3v) is 4.10. The number of hydrogen-bond donors (Lipinski definition) is 1. The highest BCUT2D eigenvalue weighted by atomic mass is 19.1. The van der Waals surface area contributed by atoms with Crippen molar-refractivity contribution >= 4 is 5.91 Å². The molecule has 140 valence electrons. The van der Waals surface area contributed by atoms with E-state index in [1.165, 1.54) is 18.3 Å². The molecule has 0 spiro atoms. The van der Waals surface area contributed by atoms with Crippen LogP contribution in [0.1, 0.15) is 35.5 Å². The zero-order valence-electron chi connectivity index (χ0n) is 15.6. The van der Waals surface area contributed by atoms with Gasteiger partial charge in [-0.15, -0.1) is 0 Å². The summed E-state index contributed by atoms with van der Waals surface area (Å²) in [7, 11) is 0. The average molecular weight is 367 g/mol. The molecule has 3 rings (SSSR count). The molecule has 0 atom stereocenters. The minimum Gasteiger partial charge on any atom is -0.491 e. The molecule has 1 N–H and O–H groups in total. The van der Waals surface area contributed by atoms with Crippen molar-refractivity contribution in [3.63, 3.8) is 0 Å². The molecule has 0 saturated heterocycles. The summed E-state index contributed by atoms with van der Waals surface area (Å²) in [6.07, 6.45) is 1.57. The van der Waals surface area contributed by atoms with Crippen LogP contribution in [0.25, 0.3) is 5.69 Å². The van der Waals surface area contributed by atoms with Crippen molar-refractivity contribution in [2.75, 3.05) is 0 Å². The molecule has 2 aromatic carbocycles. The molecule has 0 aliphatic carbocycles. The zero-order chi connectivity index (χ0) is 19.4. The lowest BCUT2D eigenvalue weighted by atomic mass is 10.2. The summed E-state index contributed by atoms with van der Waals surface area (Å²) in [5, 5.41) is 7.17. The van der Waals surface area contributed by atoms with Gasteiger partial charge in [0.15, 0.2) is 0 Å². The van der Waals surface area contributed by atoms with Crippen molar-refractivity contribution in [2.24, 2.45) is 0 Å². The summed E-state index contributed by atoms with van der Waals surface area (Å²) < 4.78 is 20.5. The van der Waals surface area contributed by atoms with Crippen LogP contribution in [0.4, 0.5) is 4.39 Å². The molecule has 0 unspecified atom stereocenters. The predicted molar refractivity (Wildman–Crippen MR) is 102 cm³/mol. The molecule has 0 aliphatic rings. The first-order valence-corrected chi connectivity index (χ1v) is 8.79. The molecular weight excluding hydrogens is 345 g/mol. The second kappa shape index (κ2) is 8.03. The maximum atomic E-state index is 13.1. The van der Waals surface area contributed by atoms with Crippen LogP contribution in [0, 0.1) is 12.7 Å². The van der Waals surface area contributed by atoms with Crippen molar-refractivity contribution < 1.29 is 13.9 Å². The number of nitrogens with one attached hydrogen (secondary N) is 1. The summed E-state index contributed by atoms with van der Waals surface area (Å²) in [5.41, 5.74) is 2.76. The van der Waals surface area contributed by atoms with Gasteiger partial charge in [0.25, 0.3) is 5.91 Å². The Bertz CT molecular complexity index is 933. The van der Waals surface area contributed by atoms with Crippen LogP contribution in [-0.2, 0) is 6.54 Å². The van der Waals surface area contributed by atoms with Crippen molar-refractivity contribution in [1.29, 1.82) is 0 Å². The van der Waals surface area contributed by atoms with Gasteiger partial charge in [0.05, 0.1) is 29.2 Å². The molecule has 1 aromatic heterocycles. The molecular formula is C21H22FN3O2. The molecule has 1 amide bonds. The standard InChI is InChI=1S/C21H22FN3O2/c1-14(2)27-20-7-5-4-6-16(20)12-23-21(26)19-13-24-25(15(19)3)18-10-8-17(22)9-11-18/h4-11,13-14H,12H2,1-3H3,(H,23,26). The third kappa shape index (κ3) is 4.34. The molecule has 3 aromatic rings. The van der Waals surface area contributed by atoms with Gasteiger partial charge in [-0.05, 0) is 51.1 Å². The minimum atomic E-state index is -0.316. The van der Waals surface area contributed by atoms with Crippen molar-refractivity contribution in [2.45, 2.75) is 33.4 Å². The number of rotatable bonds is 6. The van der Waals surface area contributed by atoms with Crippen LogP contribution < -0.4 is 10.1 Å². The SMILES string of the molecule is Cc1c(C(=O)NCc2ccccc2OC(C)C)cnn1-c1ccc(F)cc1. The van der Waals surface area contributed by atoms with E-state index in [2.05, 4.69) is 10.4 Å². The van der Waals surface area contributed by atoms with E-state index in [1.807, 2.05) is 38.1 Å². The van der Waals surface area contributed by atoms with Gasteiger partial charge >= 0.3 is 0 Å². The summed E-state index contributed by atoms with van der Waals surface area (Å²) in [6.45, 7) is 6.08. The van der Waals surface area contributed by atoms with Gasteiger partial charge in [-0.2, -0.15) is 5.10 Å². The van der Waals surface area contributed by atoms with E-state index >= 15 is 0 Å². The lowest BCUT2D eigenvalue weighted by Crippen LogP contribution is -2.24. The molecule has 1 heterocycles. The van der Waals surface area contributed by atoms with E-state index in [-0.39, 0.29) is 17.8 Å². The third-order valence-electron chi connectivity index (χ3n) is 4.10. The van der Waals surface area contributed by atoms with Crippen LogP contribution in [0.5, 0.6) is 5.75 Å². The van der Waals surface area contributed by atoms with Gasteiger partial charge in [0.1, 0.15) is 11.6 Å². The lowest BCUT2D eigenvalue weighted by Gasteiger charge is -2.14. The number of hydrogen-bond acceptors (Lipinski definition) is 3.